The van der Waals surface area contributed by atoms with Crippen molar-refractivity contribution in [2.45, 2.75) is 37.2 Å². The van der Waals surface area contributed by atoms with E-state index in [4.69, 9.17) is 4.74 Å². The van der Waals surface area contributed by atoms with E-state index in [2.05, 4.69) is 60.6 Å². The molecule has 2 heterocycles. The van der Waals surface area contributed by atoms with Crippen LogP contribution in [0.3, 0.4) is 0 Å². The third-order valence-electron chi connectivity index (χ3n) is 5.18. The van der Waals surface area contributed by atoms with E-state index >= 15 is 0 Å². The molecule has 1 fully saturated rings. The smallest absolute Gasteiger partial charge is 0.274 e. The van der Waals surface area contributed by atoms with Crippen molar-refractivity contribution in [2.75, 3.05) is 19.3 Å². The summed E-state index contributed by atoms with van der Waals surface area (Å²) < 4.78 is 7.30. The Balaban J connectivity index is 1.30. The van der Waals surface area contributed by atoms with E-state index in [-0.39, 0.29) is 12.0 Å². The molecular formula is C22H24N2O2S2. The highest BCUT2D eigenvalue weighted by atomic mass is 32.2. The van der Waals surface area contributed by atoms with Crippen LogP contribution >= 0.6 is 23.1 Å². The zero-order chi connectivity index (χ0) is 19.5. The molecule has 0 aliphatic carbocycles. The molecule has 0 spiro atoms. The Labute approximate surface area is 173 Å². The number of para-hydroxylation sites is 1. The number of benzene rings is 2. The first kappa shape index (κ1) is 19.3. The summed E-state index contributed by atoms with van der Waals surface area (Å²) in [4.78, 5) is 20.4. The van der Waals surface area contributed by atoms with Crippen LogP contribution in [-0.2, 0) is 11.2 Å². The lowest BCUT2D eigenvalue weighted by Gasteiger charge is -2.31. The van der Waals surface area contributed by atoms with Crippen molar-refractivity contribution >= 4 is 39.2 Å². The van der Waals surface area contributed by atoms with Crippen LogP contribution in [0, 0.1) is 6.92 Å². The number of aromatic nitrogens is 1. The van der Waals surface area contributed by atoms with Crippen LogP contribution in [0.5, 0.6) is 5.19 Å². The van der Waals surface area contributed by atoms with Crippen molar-refractivity contribution in [3.63, 3.8) is 0 Å². The Morgan fingerprint density at radius 2 is 1.96 bits per heavy atom. The maximum atomic E-state index is 12.6. The topological polar surface area (TPSA) is 42.4 Å². The van der Waals surface area contributed by atoms with Crippen LogP contribution in [-0.4, -0.2) is 41.2 Å². The van der Waals surface area contributed by atoms with Gasteiger partial charge in [0.05, 0.1) is 16.6 Å². The van der Waals surface area contributed by atoms with Gasteiger partial charge in [-0.15, -0.1) is 11.8 Å². The summed E-state index contributed by atoms with van der Waals surface area (Å²) in [5.41, 5.74) is 3.28. The van der Waals surface area contributed by atoms with Gasteiger partial charge in [-0.3, -0.25) is 4.79 Å². The normalized spacial score (nSPS) is 15.1. The number of likely N-dealkylation sites (tertiary alicyclic amines) is 1. The predicted octanol–water partition coefficient (Wildman–Crippen LogP) is 4.94. The number of ether oxygens (including phenoxy) is 1. The molecule has 6 heteroatoms. The Morgan fingerprint density at radius 3 is 2.64 bits per heavy atom. The minimum absolute atomic E-state index is 0.130. The summed E-state index contributed by atoms with van der Waals surface area (Å²) in [5.74, 6) is 0.200. The maximum Gasteiger partial charge on any atom is 0.274 e. The Hall–Kier alpha value is -2.05. The molecule has 0 atom stereocenters. The maximum absolute atomic E-state index is 12.6. The number of thiazole rings is 1. The molecule has 3 aromatic rings. The van der Waals surface area contributed by atoms with Crippen LogP contribution in [0.1, 0.15) is 24.0 Å². The zero-order valence-corrected chi connectivity index (χ0v) is 17.8. The second-order valence-corrected chi connectivity index (χ2v) is 9.00. The molecule has 4 rings (SSSR count). The van der Waals surface area contributed by atoms with Crippen molar-refractivity contribution in [1.82, 2.24) is 9.88 Å². The lowest BCUT2D eigenvalue weighted by atomic mass is 10.1. The minimum Gasteiger partial charge on any atom is -0.467 e. The average molecular weight is 413 g/mol. The molecule has 1 aliphatic rings. The Kier molecular flexibility index (Phi) is 5.87. The van der Waals surface area contributed by atoms with E-state index in [9.17, 15) is 4.79 Å². The highest BCUT2D eigenvalue weighted by Crippen LogP contribution is 2.31. The van der Waals surface area contributed by atoms with Crippen LogP contribution in [0.2, 0.25) is 0 Å². The molecular weight excluding hydrogens is 388 g/mol. The van der Waals surface area contributed by atoms with Gasteiger partial charge in [-0.05, 0) is 42.5 Å². The first-order valence-corrected chi connectivity index (χ1v) is 11.6. The Bertz CT molecular complexity index is 960. The quantitative estimate of drug-likeness (QED) is 0.557. The van der Waals surface area contributed by atoms with Gasteiger partial charge >= 0.3 is 0 Å². The van der Waals surface area contributed by atoms with Crippen LogP contribution < -0.4 is 4.74 Å². The number of nitrogens with zero attached hydrogens (tertiary/aromatic N) is 2. The molecule has 1 aromatic heterocycles. The van der Waals surface area contributed by atoms with Gasteiger partial charge in [0, 0.05) is 30.8 Å². The standard InChI is InChI=1S/C22H24N2O2S2/c1-15-4-3-5-19-21(15)23-22(28-19)26-17-10-12-24(13-11-17)20(25)14-16-6-8-18(27-2)9-7-16/h3-9,17H,10-14H2,1-2H3. The summed E-state index contributed by atoms with van der Waals surface area (Å²) in [6, 6.07) is 14.5. The number of hydrogen-bond acceptors (Lipinski definition) is 5. The molecule has 0 saturated carbocycles. The summed E-state index contributed by atoms with van der Waals surface area (Å²) in [6.45, 7) is 3.57. The second-order valence-electron chi connectivity index (χ2n) is 7.12. The molecule has 1 amide bonds. The molecule has 0 unspecified atom stereocenters. The van der Waals surface area contributed by atoms with Gasteiger partial charge in [0.1, 0.15) is 6.10 Å². The van der Waals surface area contributed by atoms with Crippen molar-refractivity contribution in [1.29, 1.82) is 0 Å². The lowest BCUT2D eigenvalue weighted by Crippen LogP contribution is -2.42. The van der Waals surface area contributed by atoms with E-state index in [1.165, 1.54) is 10.5 Å². The second kappa shape index (κ2) is 8.53. The van der Waals surface area contributed by atoms with Gasteiger partial charge in [0.2, 0.25) is 5.91 Å². The fourth-order valence-electron chi connectivity index (χ4n) is 3.51. The third-order valence-corrected chi connectivity index (χ3v) is 6.83. The Morgan fingerprint density at radius 1 is 1.21 bits per heavy atom. The average Bonchev–Trinajstić information content (AvgIpc) is 3.13. The van der Waals surface area contributed by atoms with Gasteiger partial charge in [-0.25, -0.2) is 4.98 Å². The molecule has 28 heavy (non-hydrogen) atoms. The summed E-state index contributed by atoms with van der Waals surface area (Å²) in [6.07, 6.45) is 4.36. The lowest BCUT2D eigenvalue weighted by molar-refractivity contribution is -0.132. The number of carbonyl (C=O) groups is 1. The van der Waals surface area contributed by atoms with Gasteiger partial charge in [-0.2, -0.15) is 0 Å². The molecule has 0 bridgehead atoms. The first-order valence-electron chi connectivity index (χ1n) is 9.56. The van der Waals surface area contributed by atoms with Crippen LogP contribution in [0.4, 0.5) is 0 Å². The van der Waals surface area contributed by atoms with E-state index < -0.39 is 0 Å². The third kappa shape index (κ3) is 4.33. The number of piperidine rings is 1. The first-order chi connectivity index (χ1) is 13.6. The molecule has 0 N–H and O–H groups in total. The van der Waals surface area contributed by atoms with Gasteiger partial charge in [0.25, 0.3) is 5.19 Å². The molecule has 146 valence electrons. The highest BCUT2D eigenvalue weighted by molar-refractivity contribution is 7.98. The number of rotatable bonds is 5. The van der Waals surface area contributed by atoms with Crippen molar-refractivity contribution in [3.05, 3.63) is 53.6 Å². The molecule has 0 radical (unpaired) electrons. The number of hydrogen-bond donors (Lipinski definition) is 0. The van der Waals surface area contributed by atoms with Crippen molar-refractivity contribution < 1.29 is 9.53 Å². The van der Waals surface area contributed by atoms with Crippen LogP contribution in [0.15, 0.2) is 47.4 Å². The summed E-state index contributed by atoms with van der Waals surface area (Å²) >= 11 is 3.32. The predicted molar refractivity (Wildman–Crippen MR) is 117 cm³/mol. The number of fused-ring (bicyclic) bond motifs is 1. The molecule has 1 aliphatic heterocycles. The largest absolute Gasteiger partial charge is 0.467 e. The zero-order valence-electron chi connectivity index (χ0n) is 16.2. The number of amides is 1. The van der Waals surface area contributed by atoms with E-state index in [0.29, 0.717) is 6.42 Å². The number of thioether (sulfide) groups is 1. The molecule has 2 aromatic carbocycles. The van der Waals surface area contributed by atoms with E-state index in [0.717, 1.165) is 46.9 Å². The summed E-state index contributed by atoms with van der Waals surface area (Å²) in [5, 5.41) is 0.739. The summed E-state index contributed by atoms with van der Waals surface area (Å²) in [7, 11) is 0. The van der Waals surface area contributed by atoms with E-state index in [1.54, 1.807) is 23.1 Å². The monoisotopic (exact) mass is 412 g/mol. The van der Waals surface area contributed by atoms with Gasteiger partial charge in [0.15, 0.2) is 0 Å². The van der Waals surface area contributed by atoms with E-state index in [1.807, 2.05) is 4.90 Å². The number of aryl methyl sites for hydroxylation is 1. The van der Waals surface area contributed by atoms with Crippen molar-refractivity contribution in [3.8, 4) is 5.19 Å². The fraction of sp³-hybridized carbons (Fsp3) is 0.364. The van der Waals surface area contributed by atoms with Crippen molar-refractivity contribution in [2.24, 2.45) is 0 Å². The minimum atomic E-state index is 0.130. The van der Waals surface area contributed by atoms with Crippen LogP contribution in [0.25, 0.3) is 10.2 Å². The highest BCUT2D eigenvalue weighted by Gasteiger charge is 2.25. The van der Waals surface area contributed by atoms with Gasteiger partial charge in [-0.1, -0.05) is 35.6 Å². The fourth-order valence-corrected chi connectivity index (χ4v) is 4.88. The molecule has 1 saturated heterocycles. The number of carbonyl (C=O) groups excluding carboxylic acids is 1. The molecule has 4 nitrogen and oxygen atoms in total. The van der Waals surface area contributed by atoms with Gasteiger partial charge < -0.3 is 9.64 Å². The SMILES string of the molecule is CSc1ccc(CC(=O)N2CCC(Oc3nc4c(C)cccc4s3)CC2)cc1.